The summed E-state index contributed by atoms with van der Waals surface area (Å²) in [5.74, 6) is 0.456. The summed E-state index contributed by atoms with van der Waals surface area (Å²) in [5.41, 5.74) is 6.26. The molecule has 130 valence electrons. The number of nitrogens with two attached hydrogens (primary N) is 1. The topological polar surface area (TPSA) is 91.6 Å². The summed E-state index contributed by atoms with van der Waals surface area (Å²) in [6.45, 7) is 3.56. The van der Waals surface area contributed by atoms with E-state index in [1.165, 1.54) is 19.3 Å². The predicted octanol–water partition coefficient (Wildman–Crippen LogP) is 1.09. The Kier molecular flexibility index (Phi) is 5.17. The molecule has 0 radical (unpaired) electrons. The second kappa shape index (κ2) is 7.51. The van der Waals surface area contributed by atoms with Crippen molar-refractivity contribution in [1.29, 1.82) is 0 Å². The minimum Gasteiger partial charge on any atom is -0.369 e. The summed E-state index contributed by atoms with van der Waals surface area (Å²) in [5, 5.41) is 2.88. The third-order valence-electron chi connectivity index (χ3n) is 4.81. The van der Waals surface area contributed by atoms with Crippen LogP contribution in [0.5, 0.6) is 0 Å². The highest BCUT2D eigenvalue weighted by Gasteiger charge is 2.29. The average molecular weight is 331 g/mol. The van der Waals surface area contributed by atoms with Crippen LogP contribution in [0, 0.1) is 5.92 Å². The largest absolute Gasteiger partial charge is 0.369 e. The summed E-state index contributed by atoms with van der Waals surface area (Å²) in [6, 6.07) is 3.87. The monoisotopic (exact) mass is 331 g/mol. The van der Waals surface area contributed by atoms with Crippen LogP contribution in [0.2, 0.25) is 0 Å². The zero-order chi connectivity index (χ0) is 16.9. The molecule has 2 saturated heterocycles. The Balaban J connectivity index is 1.48. The lowest BCUT2D eigenvalue weighted by Crippen LogP contribution is -2.39. The van der Waals surface area contributed by atoms with Crippen molar-refractivity contribution in [3.63, 3.8) is 0 Å². The van der Waals surface area contributed by atoms with E-state index in [0.717, 1.165) is 24.5 Å². The first kappa shape index (κ1) is 16.5. The SMILES string of the molecule is NC(=O)[C@@H]1CCN(C(=O)NCc2ccc(N3CCCCC3)nc2)C1. The van der Waals surface area contributed by atoms with Gasteiger partial charge in [0.05, 0.1) is 5.92 Å². The molecule has 0 unspecified atom stereocenters. The Bertz CT molecular complexity index is 583. The Labute approximate surface area is 142 Å². The number of likely N-dealkylation sites (tertiary alicyclic amines) is 1. The van der Waals surface area contributed by atoms with Crippen molar-refractivity contribution in [3.05, 3.63) is 23.9 Å². The van der Waals surface area contributed by atoms with Crippen LogP contribution >= 0.6 is 0 Å². The molecule has 2 fully saturated rings. The smallest absolute Gasteiger partial charge is 0.317 e. The zero-order valence-electron chi connectivity index (χ0n) is 13.9. The molecule has 1 aromatic rings. The van der Waals surface area contributed by atoms with E-state index in [1.54, 1.807) is 4.90 Å². The summed E-state index contributed by atoms with van der Waals surface area (Å²) in [6.07, 6.45) is 6.21. The van der Waals surface area contributed by atoms with Crippen molar-refractivity contribution < 1.29 is 9.59 Å². The van der Waals surface area contributed by atoms with Gasteiger partial charge >= 0.3 is 6.03 Å². The van der Waals surface area contributed by atoms with Crippen molar-refractivity contribution >= 4 is 17.8 Å². The maximum absolute atomic E-state index is 12.1. The predicted molar refractivity (Wildman–Crippen MR) is 91.4 cm³/mol. The van der Waals surface area contributed by atoms with Crippen LogP contribution in [-0.4, -0.2) is 48.0 Å². The Morgan fingerprint density at radius 3 is 2.62 bits per heavy atom. The van der Waals surface area contributed by atoms with Gasteiger partial charge in [-0.3, -0.25) is 4.79 Å². The maximum atomic E-state index is 12.1. The molecule has 24 heavy (non-hydrogen) atoms. The first-order valence-corrected chi connectivity index (χ1v) is 8.65. The lowest BCUT2D eigenvalue weighted by atomic mass is 10.1. The van der Waals surface area contributed by atoms with Gasteiger partial charge in [0, 0.05) is 38.9 Å². The lowest BCUT2D eigenvalue weighted by Gasteiger charge is -2.27. The number of rotatable bonds is 4. The number of hydrogen-bond acceptors (Lipinski definition) is 4. The summed E-state index contributed by atoms with van der Waals surface area (Å²) < 4.78 is 0. The van der Waals surface area contributed by atoms with Crippen molar-refractivity contribution in [2.45, 2.75) is 32.2 Å². The fraction of sp³-hybridized carbons (Fsp3) is 0.588. The van der Waals surface area contributed by atoms with Gasteiger partial charge in [0.2, 0.25) is 5.91 Å². The van der Waals surface area contributed by atoms with Crippen LogP contribution < -0.4 is 16.0 Å². The van der Waals surface area contributed by atoms with Crippen LogP contribution in [-0.2, 0) is 11.3 Å². The molecule has 1 aromatic heterocycles. The van der Waals surface area contributed by atoms with Gasteiger partial charge in [-0.15, -0.1) is 0 Å². The van der Waals surface area contributed by atoms with Gasteiger partial charge in [-0.1, -0.05) is 6.07 Å². The van der Waals surface area contributed by atoms with Gasteiger partial charge in [0.1, 0.15) is 5.82 Å². The number of carbonyl (C=O) groups is 2. The van der Waals surface area contributed by atoms with E-state index in [4.69, 9.17) is 5.73 Å². The number of urea groups is 1. The van der Waals surface area contributed by atoms with E-state index in [9.17, 15) is 9.59 Å². The number of anilines is 1. The highest BCUT2D eigenvalue weighted by molar-refractivity contribution is 5.80. The zero-order valence-corrected chi connectivity index (χ0v) is 13.9. The first-order chi connectivity index (χ1) is 11.6. The van der Waals surface area contributed by atoms with Crippen molar-refractivity contribution in [1.82, 2.24) is 15.2 Å². The van der Waals surface area contributed by atoms with Gasteiger partial charge in [0.15, 0.2) is 0 Å². The third kappa shape index (κ3) is 3.96. The highest BCUT2D eigenvalue weighted by atomic mass is 16.2. The highest BCUT2D eigenvalue weighted by Crippen LogP contribution is 2.18. The second-order valence-electron chi connectivity index (χ2n) is 6.57. The molecule has 0 spiro atoms. The normalized spacial score (nSPS) is 20.9. The number of carbonyl (C=O) groups excluding carboxylic acids is 2. The number of nitrogens with one attached hydrogen (secondary N) is 1. The molecular weight excluding hydrogens is 306 g/mol. The van der Waals surface area contributed by atoms with E-state index >= 15 is 0 Å². The fourth-order valence-electron chi connectivity index (χ4n) is 3.30. The molecule has 0 aliphatic carbocycles. The maximum Gasteiger partial charge on any atom is 0.317 e. The number of piperidine rings is 1. The minimum atomic E-state index is -0.331. The molecule has 2 aliphatic rings. The fourth-order valence-corrected chi connectivity index (χ4v) is 3.30. The summed E-state index contributed by atoms with van der Waals surface area (Å²) in [4.78, 5) is 31.8. The van der Waals surface area contributed by atoms with Crippen LogP contribution in [0.3, 0.4) is 0 Å². The summed E-state index contributed by atoms with van der Waals surface area (Å²) in [7, 11) is 0. The van der Waals surface area contributed by atoms with E-state index < -0.39 is 0 Å². The molecule has 0 aromatic carbocycles. The van der Waals surface area contributed by atoms with Crippen molar-refractivity contribution in [2.24, 2.45) is 11.7 Å². The first-order valence-electron chi connectivity index (χ1n) is 8.65. The van der Waals surface area contributed by atoms with Gasteiger partial charge in [-0.05, 0) is 37.3 Å². The van der Waals surface area contributed by atoms with Gasteiger partial charge < -0.3 is 20.9 Å². The van der Waals surface area contributed by atoms with Crippen LogP contribution in [0.1, 0.15) is 31.2 Å². The Hall–Kier alpha value is -2.31. The number of primary amides is 1. The molecule has 0 bridgehead atoms. The second-order valence-corrected chi connectivity index (χ2v) is 6.57. The van der Waals surface area contributed by atoms with Crippen LogP contribution in [0.25, 0.3) is 0 Å². The molecular formula is C17H25N5O2. The number of aromatic nitrogens is 1. The standard InChI is InChI=1S/C17H25N5O2/c18-16(23)14-6-9-22(12-14)17(24)20-11-13-4-5-15(19-10-13)21-7-2-1-3-8-21/h4-5,10,14H,1-3,6-9,11-12H2,(H2,18,23)(H,20,24)/t14-/m1/s1. The van der Waals surface area contributed by atoms with Crippen LogP contribution in [0.15, 0.2) is 18.3 Å². The molecule has 1 atom stereocenters. The minimum absolute atomic E-state index is 0.154. The number of amides is 3. The van der Waals surface area contributed by atoms with E-state index in [-0.39, 0.29) is 17.9 Å². The molecule has 0 saturated carbocycles. The van der Waals surface area contributed by atoms with Crippen molar-refractivity contribution in [3.8, 4) is 0 Å². The van der Waals surface area contributed by atoms with E-state index in [1.807, 2.05) is 18.3 Å². The Morgan fingerprint density at radius 1 is 1.21 bits per heavy atom. The molecule has 3 rings (SSSR count). The summed E-state index contributed by atoms with van der Waals surface area (Å²) >= 11 is 0. The number of hydrogen-bond donors (Lipinski definition) is 2. The van der Waals surface area contributed by atoms with Crippen LogP contribution in [0.4, 0.5) is 10.6 Å². The Morgan fingerprint density at radius 2 is 2.00 bits per heavy atom. The molecule has 3 amide bonds. The quantitative estimate of drug-likeness (QED) is 0.864. The number of nitrogens with zero attached hydrogens (tertiary/aromatic N) is 3. The third-order valence-corrected chi connectivity index (χ3v) is 4.81. The van der Waals surface area contributed by atoms with Gasteiger partial charge in [-0.25, -0.2) is 9.78 Å². The van der Waals surface area contributed by atoms with Crippen molar-refractivity contribution in [2.75, 3.05) is 31.1 Å². The molecule has 2 aliphatic heterocycles. The lowest BCUT2D eigenvalue weighted by molar-refractivity contribution is -0.121. The molecule has 3 heterocycles. The van der Waals surface area contributed by atoms with Gasteiger partial charge in [-0.2, -0.15) is 0 Å². The molecule has 7 nitrogen and oxygen atoms in total. The van der Waals surface area contributed by atoms with E-state index in [0.29, 0.717) is 26.1 Å². The average Bonchev–Trinajstić information content (AvgIpc) is 3.11. The van der Waals surface area contributed by atoms with Gasteiger partial charge in [0.25, 0.3) is 0 Å². The number of pyridine rings is 1. The van der Waals surface area contributed by atoms with E-state index in [2.05, 4.69) is 15.2 Å². The molecule has 7 heteroatoms. The molecule has 3 N–H and O–H groups in total.